The molecule has 5 heteroatoms. The van der Waals surface area contributed by atoms with E-state index in [1.165, 1.54) is 0 Å². The van der Waals surface area contributed by atoms with Gasteiger partial charge in [0.05, 0.1) is 6.61 Å². The summed E-state index contributed by atoms with van der Waals surface area (Å²) in [5, 5.41) is 2.73. The number of aryl methyl sites for hydroxylation is 1. The van der Waals surface area contributed by atoms with Gasteiger partial charge in [-0.25, -0.2) is 4.79 Å². The molecule has 0 saturated heterocycles. The molecule has 23 heavy (non-hydrogen) atoms. The standard InChI is InChI=1S/C18H19NO4/c1-3-22-18(21)15-6-4-5-7-16(15)23-12-17(20)19-14-10-8-13(2)9-11-14/h4-11H,3,12H2,1-2H3,(H,19,20). The molecule has 0 radical (unpaired) electrons. The van der Waals surface area contributed by atoms with Crippen LogP contribution in [-0.4, -0.2) is 25.1 Å². The smallest absolute Gasteiger partial charge is 0.341 e. The lowest BCUT2D eigenvalue weighted by Crippen LogP contribution is -2.21. The molecule has 0 aromatic heterocycles. The predicted octanol–water partition coefficient (Wildman–Crippen LogP) is 3.19. The fourth-order valence-corrected chi connectivity index (χ4v) is 1.95. The van der Waals surface area contributed by atoms with Crippen LogP contribution in [0.25, 0.3) is 0 Å². The number of anilines is 1. The minimum atomic E-state index is -0.470. The van der Waals surface area contributed by atoms with E-state index in [1.54, 1.807) is 31.2 Å². The van der Waals surface area contributed by atoms with Crippen LogP contribution in [0.4, 0.5) is 5.69 Å². The summed E-state index contributed by atoms with van der Waals surface area (Å²) in [6.07, 6.45) is 0. The van der Waals surface area contributed by atoms with Gasteiger partial charge in [-0.1, -0.05) is 29.8 Å². The monoisotopic (exact) mass is 313 g/mol. The number of amides is 1. The Morgan fingerprint density at radius 1 is 1.04 bits per heavy atom. The zero-order valence-electron chi connectivity index (χ0n) is 13.2. The zero-order valence-corrected chi connectivity index (χ0v) is 13.2. The fraction of sp³-hybridized carbons (Fsp3) is 0.222. The predicted molar refractivity (Wildman–Crippen MR) is 87.7 cm³/mol. The van der Waals surface area contributed by atoms with Crippen LogP contribution < -0.4 is 10.1 Å². The van der Waals surface area contributed by atoms with Gasteiger partial charge in [-0.2, -0.15) is 0 Å². The van der Waals surface area contributed by atoms with E-state index in [0.717, 1.165) is 5.56 Å². The van der Waals surface area contributed by atoms with Crippen molar-refractivity contribution in [2.75, 3.05) is 18.5 Å². The zero-order chi connectivity index (χ0) is 16.7. The van der Waals surface area contributed by atoms with Gasteiger partial charge in [-0.15, -0.1) is 0 Å². The summed E-state index contributed by atoms with van der Waals surface area (Å²) in [6, 6.07) is 14.1. The molecule has 0 atom stereocenters. The Kier molecular flexibility index (Phi) is 5.74. The number of benzene rings is 2. The van der Waals surface area contributed by atoms with Crippen LogP contribution in [0, 0.1) is 6.92 Å². The van der Waals surface area contributed by atoms with E-state index >= 15 is 0 Å². The Morgan fingerprint density at radius 2 is 1.74 bits per heavy atom. The molecule has 0 saturated carbocycles. The second-order valence-electron chi connectivity index (χ2n) is 4.92. The summed E-state index contributed by atoms with van der Waals surface area (Å²) >= 11 is 0. The number of ether oxygens (including phenoxy) is 2. The number of carbonyl (C=O) groups is 2. The van der Waals surface area contributed by atoms with E-state index in [4.69, 9.17) is 9.47 Å². The van der Waals surface area contributed by atoms with Gasteiger partial charge in [0, 0.05) is 5.69 Å². The van der Waals surface area contributed by atoms with E-state index in [0.29, 0.717) is 17.0 Å². The summed E-state index contributed by atoms with van der Waals surface area (Å²) in [4.78, 5) is 23.8. The van der Waals surface area contributed by atoms with Crippen molar-refractivity contribution in [2.45, 2.75) is 13.8 Å². The van der Waals surface area contributed by atoms with Crippen LogP contribution >= 0.6 is 0 Å². The molecule has 2 aromatic rings. The summed E-state index contributed by atoms with van der Waals surface area (Å²) in [5.41, 5.74) is 2.11. The fourth-order valence-electron chi connectivity index (χ4n) is 1.95. The molecule has 0 aliphatic carbocycles. The second-order valence-corrected chi connectivity index (χ2v) is 4.92. The van der Waals surface area contributed by atoms with E-state index in [9.17, 15) is 9.59 Å². The van der Waals surface area contributed by atoms with Crippen molar-refractivity contribution in [3.8, 4) is 5.75 Å². The first kappa shape index (κ1) is 16.5. The maximum atomic E-state index is 11.9. The van der Waals surface area contributed by atoms with Gasteiger partial charge in [0.2, 0.25) is 0 Å². The topological polar surface area (TPSA) is 64.6 Å². The van der Waals surface area contributed by atoms with Crippen LogP contribution in [0.2, 0.25) is 0 Å². The molecule has 0 aliphatic rings. The van der Waals surface area contributed by atoms with Crippen molar-refractivity contribution in [3.63, 3.8) is 0 Å². The molecule has 0 bridgehead atoms. The van der Waals surface area contributed by atoms with Crippen molar-refractivity contribution < 1.29 is 19.1 Å². The molecular weight excluding hydrogens is 294 g/mol. The largest absolute Gasteiger partial charge is 0.483 e. The minimum Gasteiger partial charge on any atom is -0.483 e. The molecule has 120 valence electrons. The Labute approximate surface area is 135 Å². The van der Waals surface area contributed by atoms with Crippen molar-refractivity contribution in [3.05, 3.63) is 59.7 Å². The van der Waals surface area contributed by atoms with Gasteiger partial charge in [-0.3, -0.25) is 4.79 Å². The molecule has 2 aromatic carbocycles. The first-order chi connectivity index (χ1) is 11.1. The molecule has 1 N–H and O–H groups in total. The Balaban J connectivity index is 1.96. The van der Waals surface area contributed by atoms with Gasteiger partial charge in [-0.05, 0) is 38.1 Å². The average molecular weight is 313 g/mol. The summed E-state index contributed by atoms with van der Waals surface area (Å²) < 4.78 is 10.4. The Hall–Kier alpha value is -2.82. The van der Waals surface area contributed by atoms with Gasteiger partial charge < -0.3 is 14.8 Å². The second kappa shape index (κ2) is 7.98. The highest BCUT2D eigenvalue weighted by Gasteiger charge is 2.14. The summed E-state index contributed by atoms with van der Waals surface area (Å²) in [5.74, 6) is -0.445. The molecule has 0 aliphatic heterocycles. The van der Waals surface area contributed by atoms with Crippen LogP contribution in [0.3, 0.4) is 0 Å². The highest BCUT2D eigenvalue weighted by molar-refractivity contribution is 5.94. The third kappa shape index (κ3) is 4.85. The first-order valence-corrected chi connectivity index (χ1v) is 7.35. The number of rotatable bonds is 6. The maximum absolute atomic E-state index is 11.9. The van der Waals surface area contributed by atoms with Gasteiger partial charge >= 0.3 is 5.97 Å². The molecule has 2 rings (SSSR count). The number of hydrogen-bond donors (Lipinski definition) is 1. The number of carbonyl (C=O) groups excluding carboxylic acids is 2. The lowest BCUT2D eigenvalue weighted by molar-refractivity contribution is -0.118. The molecular formula is C18H19NO4. The highest BCUT2D eigenvalue weighted by atomic mass is 16.5. The van der Waals surface area contributed by atoms with E-state index in [1.807, 2.05) is 31.2 Å². The van der Waals surface area contributed by atoms with Crippen molar-refractivity contribution in [1.29, 1.82) is 0 Å². The maximum Gasteiger partial charge on any atom is 0.341 e. The van der Waals surface area contributed by atoms with E-state index in [-0.39, 0.29) is 19.1 Å². The third-order valence-electron chi connectivity index (χ3n) is 3.08. The molecule has 1 amide bonds. The number of para-hydroxylation sites is 1. The van der Waals surface area contributed by atoms with Crippen molar-refractivity contribution >= 4 is 17.6 Å². The Morgan fingerprint density at radius 3 is 2.43 bits per heavy atom. The number of hydrogen-bond acceptors (Lipinski definition) is 4. The van der Waals surface area contributed by atoms with Gasteiger partial charge in [0.15, 0.2) is 6.61 Å². The Bertz CT molecular complexity index is 680. The molecule has 0 heterocycles. The van der Waals surface area contributed by atoms with Gasteiger partial charge in [0.1, 0.15) is 11.3 Å². The number of nitrogens with one attached hydrogen (secondary N) is 1. The normalized spacial score (nSPS) is 10.0. The third-order valence-corrected chi connectivity index (χ3v) is 3.08. The number of esters is 1. The summed E-state index contributed by atoms with van der Waals surface area (Å²) in [7, 11) is 0. The molecule has 5 nitrogen and oxygen atoms in total. The van der Waals surface area contributed by atoms with E-state index < -0.39 is 5.97 Å². The summed E-state index contributed by atoms with van der Waals surface area (Å²) in [6.45, 7) is 3.79. The van der Waals surface area contributed by atoms with Crippen LogP contribution in [-0.2, 0) is 9.53 Å². The molecule has 0 unspecified atom stereocenters. The molecule has 0 spiro atoms. The quantitative estimate of drug-likeness (QED) is 0.832. The van der Waals surface area contributed by atoms with E-state index in [2.05, 4.69) is 5.32 Å². The molecule has 0 fully saturated rings. The first-order valence-electron chi connectivity index (χ1n) is 7.35. The lowest BCUT2D eigenvalue weighted by Gasteiger charge is -2.11. The van der Waals surface area contributed by atoms with Crippen LogP contribution in [0.15, 0.2) is 48.5 Å². The van der Waals surface area contributed by atoms with Crippen LogP contribution in [0.5, 0.6) is 5.75 Å². The minimum absolute atomic E-state index is 0.190. The van der Waals surface area contributed by atoms with Gasteiger partial charge in [0.25, 0.3) is 5.91 Å². The highest BCUT2D eigenvalue weighted by Crippen LogP contribution is 2.19. The average Bonchev–Trinajstić information content (AvgIpc) is 2.55. The van der Waals surface area contributed by atoms with Crippen LogP contribution in [0.1, 0.15) is 22.8 Å². The van der Waals surface area contributed by atoms with Crippen molar-refractivity contribution in [1.82, 2.24) is 0 Å². The van der Waals surface area contributed by atoms with Crippen molar-refractivity contribution in [2.24, 2.45) is 0 Å². The SMILES string of the molecule is CCOC(=O)c1ccccc1OCC(=O)Nc1ccc(C)cc1. The lowest BCUT2D eigenvalue weighted by atomic mass is 10.2.